The summed E-state index contributed by atoms with van der Waals surface area (Å²) in [6.45, 7) is 4.27. The van der Waals surface area contributed by atoms with E-state index in [2.05, 4.69) is 36.5 Å². The van der Waals surface area contributed by atoms with Gasteiger partial charge in [0.2, 0.25) is 5.91 Å². The van der Waals surface area contributed by atoms with Gasteiger partial charge in [-0.3, -0.25) is 4.79 Å². The molecule has 2 N–H and O–H groups in total. The number of phenolic OH excluding ortho intramolecular Hbond substituents is 1. The van der Waals surface area contributed by atoms with Crippen molar-refractivity contribution in [3.63, 3.8) is 0 Å². The number of aryl methyl sites for hydroxylation is 1. The van der Waals surface area contributed by atoms with Gasteiger partial charge in [-0.1, -0.05) is 29.8 Å². The summed E-state index contributed by atoms with van der Waals surface area (Å²) in [5.74, 6) is 0.256. The Labute approximate surface area is 141 Å². The summed E-state index contributed by atoms with van der Waals surface area (Å²) in [4.78, 5) is 14.0. The van der Waals surface area contributed by atoms with E-state index in [4.69, 9.17) is 0 Å². The first-order valence-corrected chi connectivity index (χ1v) is 8.18. The molecule has 2 aromatic rings. The molecule has 4 nitrogen and oxygen atoms in total. The van der Waals surface area contributed by atoms with Gasteiger partial charge in [-0.25, -0.2) is 0 Å². The number of fused-ring (bicyclic) bond motifs is 3. The molecule has 0 saturated heterocycles. The summed E-state index contributed by atoms with van der Waals surface area (Å²) >= 11 is 0. The van der Waals surface area contributed by atoms with Gasteiger partial charge in [0.15, 0.2) is 0 Å². The maximum absolute atomic E-state index is 12.2. The van der Waals surface area contributed by atoms with Crippen LogP contribution in [-0.2, 0) is 4.79 Å². The summed E-state index contributed by atoms with van der Waals surface area (Å²) < 4.78 is 0. The van der Waals surface area contributed by atoms with Crippen LogP contribution in [0.4, 0.5) is 5.69 Å². The van der Waals surface area contributed by atoms with Crippen molar-refractivity contribution in [1.29, 1.82) is 0 Å². The number of hydrogen-bond donors (Lipinski definition) is 2. The molecule has 2 aliphatic heterocycles. The second-order valence-electron chi connectivity index (χ2n) is 6.54. The van der Waals surface area contributed by atoms with Crippen LogP contribution in [0.3, 0.4) is 0 Å². The number of phenols is 1. The van der Waals surface area contributed by atoms with E-state index in [0.717, 1.165) is 11.3 Å². The number of amides is 1. The molecule has 2 atom stereocenters. The summed E-state index contributed by atoms with van der Waals surface area (Å²) in [5, 5.41) is 13.5. The third kappa shape index (κ3) is 2.26. The van der Waals surface area contributed by atoms with Crippen LogP contribution in [0.1, 0.15) is 29.7 Å². The third-order valence-corrected chi connectivity index (χ3v) is 4.91. The van der Waals surface area contributed by atoms with Gasteiger partial charge < -0.3 is 15.3 Å². The third-order valence-electron chi connectivity index (χ3n) is 4.91. The van der Waals surface area contributed by atoms with Crippen molar-refractivity contribution in [3.05, 3.63) is 65.2 Å². The average molecular weight is 320 g/mol. The lowest BCUT2D eigenvalue weighted by Crippen LogP contribution is -2.44. The van der Waals surface area contributed by atoms with E-state index >= 15 is 0 Å². The molecule has 2 aliphatic rings. The highest BCUT2D eigenvalue weighted by atomic mass is 16.3. The van der Waals surface area contributed by atoms with E-state index in [9.17, 15) is 9.90 Å². The molecule has 0 aromatic heterocycles. The Bertz CT molecular complexity index is 856. The molecule has 0 aliphatic carbocycles. The minimum Gasteiger partial charge on any atom is -0.508 e. The highest BCUT2D eigenvalue weighted by Crippen LogP contribution is 2.45. The van der Waals surface area contributed by atoms with Crippen molar-refractivity contribution in [2.45, 2.75) is 25.9 Å². The first kappa shape index (κ1) is 14.8. The van der Waals surface area contributed by atoms with Crippen LogP contribution in [0.25, 0.3) is 5.57 Å². The molecule has 2 aromatic carbocycles. The van der Waals surface area contributed by atoms with Gasteiger partial charge in [0.25, 0.3) is 0 Å². The molecular weight excluding hydrogens is 300 g/mol. The monoisotopic (exact) mass is 320 g/mol. The smallest absolute Gasteiger partial charge is 0.220 e. The van der Waals surface area contributed by atoms with Gasteiger partial charge in [0.1, 0.15) is 5.75 Å². The molecular formula is C20H20N2O2. The number of aromatic hydroxyl groups is 1. The van der Waals surface area contributed by atoms with Crippen molar-refractivity contribution in [3.8, 4) is 5.75 Å². The Kier molecular flexibility index (Phi) is 3.34. The SMILES string of the molecule is CC(=O)N1CC=C2c3cc(C)ccc3NC2[C@H]1c1cccc(O)c1. The Morgan fingerprint density at radius 3 is 2.83 bits per heavy atom. The van der Waals surface area contributed by atoms with Crippen LogP contribution in [0, 0.1) is 6.92 Å². The molecule has 1 amide bonds. The molecule has 24 heavy (non-hydrogen) atoms. The number of nitrogens with one attached hydrogen (secondary N) is 1. The Morgan fingerprint density at radius 1 is 1.25 bits per heavy atom. The van der Waals surface area contributed by atoms with Gasteiger partial charge in [-0.2, -0.15) is 0 Å². The Morgan fingerprint density at radius 2 is 2.08 bits per heavy atom. The van der Waals surface area contributed by atoms with Crippen molar-refractivity contribution in [2.75, 3.05) is 11.9 Å². The Balaban J connectivity index is 1.82. The molecule has 2 heterocycles. The fourth-order valence-corrected chi connectivity index (χ4v) is 3.82. The van der Waals surface area contributed by atoms with Crippen molar-refractivity contribution in [2.24, 2.45) is 0 Å². The predicted molar refractivity (Wildman–Crippen MR) is 94.8 cm³/mol. The van der Waals surface area contributed by atoms with Gasteiger partial charge in [0.05, 0.1) is 12.1 Å². The molecule has 122 valence electrons. The van der Waals surface area contributed by atoms with E-state index in [1.807, 2.05) is 17.0 Å². The molecule has 0 radical (unpaired) electrons. The molecule has 0 bridgehead atoms. The van der Waals surface area contributed by atoms with E-state index in [0.29, 0.717) is 6.54 Å². The zero-order chi connectivity index (χ0) is 16.8. The highest BCUT2D eigenvalue weighted by Gasteiger charge is 2.40. The summed E-state index contributed by atoms with van der Waals surface area (Å²) in [6, 6.07) is 13.4. The summed E-state index contributed by atoms with van der Waals surface area (Å²) in [5.41, 5.74) is 5.72. The number of hydrogen-bond acceptors (Lipinski definition) is 3. The maximum atomic E-state index is 12.2. The zero-order valence-corrected chi connectivity index (χ0v) is 13.8. The fraction of sp³-hybridized carbons (Fsp3) is 0.250. The van der Waals surface area contributed by atoms with Gasteiger partial charge in [0, 0.05) is 24.7 Å². The largest absolute Gasteiger partial charge is 0.508 e. The lowest BCUT2D eigenvalue weighted by atomic mass is 9.87. The van der Waals surface area contributed by atoms with Crippen LogP contribution in [0.2, 0.25) is 0 Å². The Hall–Kier alpha value is -2.75. The number of rotatable bonds is 1. The van der Waals surface area contributed by atoms with Crippen molar-refractivity contribution in [1.82, 2.24) is 4.90 Å². The number of carbonyl (C=O) groups is 1. The first-order chi connectivity index (χ1) is 11.5. The van der Waals surface area contributed by atoms with Gasteiger partial charge in [-0.15, -0.1) is 0 Å². The van der Waals surface area contributed by atoms with Gasteiger partial charge in [-0.05, 0) is 42.3 Å². The van der Waals surface area contributed by atoms with Crippen molar-refractivity contribution < 1.29 is 9.90 Å². The van der Waals surface area contributed by atoms with Crippen LogP contribution in [-0.4, -0.2) is 28.5 Å². The molecule has 0 spiro atoms. The van der Waals surface area contributed by atoms with E-state index in [1.165, 1.54) is 16.7 Å². The maximum Gasteiger partial charge on any atom is 0.220 e. The summed E-state index contributed by atoms with van der Waals surface area (Å²) in [6.07, 6.45) is 2.14. The molecule has 1 unspecified atom stereocenters. The zero-order valence-electron chi connectivity index (χ0n) is 13.8. The number of benzene rings is 2. The normalized spacial score (nSPS) is 21.6. The average Bonchev–Trinajstić information content (AvgIpc) is 2.91. The van der Waals surface area contributed by atoms with E-state index < -0.39 is 0 Å². The molecule has 4 heteroatoms. The minimum atomic E-state index is -0.137. The second-order valence-corrected chi connectivity index (χ2v) is 6.54. The van der Waals surface area contributed by atoms with Crippen LogP contribution in [0.5, 0.6) is 5.75 Å². The predicted octanol–water partition coefficient (Wildman–Crippen LogP) is 3.48. The lowest BCUT2D eigenvalue weighted by molar-refractivity contribution is -0.131. The second kappa shape index (κ2) is 5.41. The van der Waals surface area contributed by atoms with Crippen LogP contribution in [0.15, 0.2) is 48.5 Å². The quantitative estimate of drug-likeness (QED) is 0.846. The van der Waals surface area contributed by atoms with Crippen LogP contribution >= 0.6 is 0 Å². The lowest BCUT2D eigenvalue weighted by Gasteiger charge is -2.39. The van der Waals surface area contributed by atoms with E-state index in [1.54, 1.807) is 19.1 Å². The highest BCUT2D eigenvalue weighted by molar-refractivity contribution is 5.90. The number of anilines is 1. The minimum absolute atomic E-state index is 0.00116. The molecule has 0 fully saturated rings. The number of carbonyl (C=O) groups excluding carboxylic acids is 1. The standard InChI is InChI=1S/C20H20N2O2/c1-12-6-7-18-17(10-12)16-8-9-22(13(2)23)20(19(16)21-18)14-4-3-5-15(24)11-14/h3-8,10-11,19-21,24H,9H2,1-2H3/t19?,20-/m1/s1. The number of nitrogens with zero attached hydrogens (tertiary/aromatic N) is 1. The van der Waals surface area contributed by atoms with Gasteiger partial charge >= 0.3 is 0 Å². The molecule has 4 rings (SSSR count). The van der Waals surface area contributed by atoms with E-state index in [-0.39, 0.29) is 23.7 Å². The van der Waals surface area contributed by atoms with Crippen molar-refractivity contribution >= 4 is 17.2 Å². The first-order valence-electron chi connectivity index (χ1n) is 8.18. The topological polar surface area (TPSA) is 52.6 Å². The van der Waals surface area contributed by atoms with Crippen LogP contribution < -0.4 is 5.32 Å². The molecule has 0 saturated carbocycles. The fourth-order valence-electron chi connectivity index (χ4n) is 3.82. The summed E-state index contributed by atoms with van der Waals surface area (Å²) in [7, 11) is 0.